The van der Waals surface area contributed by atoms with Crippen molar-refractivity contribution in [2.24, 2.45) is 5.92 Å². The van der Waals surface area contributed by atoms with Crippen LogP contribution in [-0.4, -0.2) is 48.9 Å². The molecule has 0 aromatic heterocycles. The van der Waals surface area contributed by atoms with E-state index in [2.05, 4.69) is 10.6 Å². The van der Waals surface area contributed by atoms with Gasteiger partial charge in [0.25, 0.3) is 0 Å². The van der Waals surface area contributed by atoms with Crippen LogP contribution in [0, 0.1) is 5.92 Å². The molecule has 2 rings (SSSR count). The summed E-state index contributed by atoms with van der Waals surface area (Å²) in [4.78, 5) is 25.4. The highest BCUT2D eigenvalue weighted by Crippen LogP contribution is 2.19. The fraction of sp³-hybridized carbons (Fsp3) is 0.867. The standard InChI is InChI=1S/C15H27N3O2/c1-12(19)17-11-13-6-9-18(10-7-13)15(20)14-5-3-2-4-8-16-14/h13-14,16H,2-11H2,1H3,(H,17,19). The molecule has 2 N–H and O–H groups in total. The number of piperidine rings is 1. The van der Waals surface area contributed by atoms with E-state index in [4.69, 9.17) is 0 Å². The summed E-state index contributed by atoms with van der Waals surface area (Å²) in [7, 11) is 0. The third kappa shape index (κ3) is 4.47. The minimum atomic E-state index is 0.0318. The number of carbonyl (C=O) groups excluding carboxylic acids is 2. The van der Waals surface area contributed by atoms with Crippen molar-refractivity contribution in [2.45, 2.75) is 51.5 Å². The summed E-state index contributed by atoms with van der Waals surface area (Å²) in [6.45, 7) is 4.94. The smallest absolute Gasteiger partial charge is 0.239 e. The molecule has 1 unspecified atom stereocenters. The van der Waals surface area contributed by atoms with Crippen LogP contribution in [0.15, 0.2) is 0 Å². The van der Waals surface area contributed by atoms with E-state index in [1.54, 1.807) is 6.92 Å². The molecule has 0 saturated carbocycles. The number of amides is 2. The maximum atomic E-state index is 12.5. The molecule has 2 saturated heterocycles. The molecular formula is C15H27N3O2. The van der Waals surface area contributed by atoms with Gasteiger partial charge in [0.15, 0.2) is 0 Å². The summed E-state index contributed by atoms with van der Waals surface area (Å²) in [6.07, 6.45) is 6.54. The van der Waals surface area contributed by atoms with Gasteiger partial charge in [-0.2, -0.15) is 0 Å². The molecule has 114 valence electrons. The van der Waals surface area contributed by atoms with Crippen molar-refractivity contribution in [3.05, 3.63) is 0 Å². The van der Waals surface area contributed by atoms with Gasteiger partial charge in [-0.05, 0) is 38.1 Å². The van der Waals surface area contributed by atoms with E-state index in [9.17, 15) is 9.59 Å². The molecule has 2 aliphatic rings. The molecule has 0 radical (unpaired) electrons. The Morgan fingerprint density at radius 2 is 1.90 bits per heavy atom. The lowest BCUT2D eigenvalue weighted by molar-refractivity contribution is -0.135. The van der Waals surface area contributed by atoms with Crippen LogP contribution in [0.25, 0.3) is 0 Å². The Morgan fingerprint density at radius 1 is 1.15 bits per heavy atom. The van der Waals surface area contributed by atoms with Crippen molar-refractivity contribution in [3.8, 4) is 0 Å². The molecule has 0 aromatic rings. The second kappa shape index (κ2) is 7.62. The largest absolute Gasteiger partial charge is 0.356 e. The molecule has 0 bridgehead atoms. The number of rotatable bonds is 3. The summed E-state index contributed by atoms with van der Waals surface area (Å²) in [6, 6.07) is 0.0318. The molecule has 2 heterocycles. The van der Waals surface area contributed by atoms with Crippen LogP contribution in [0.1, 0.15) is 45.4 Å². The van der Waals surface area contributed by atoms with Gasteiger partial charge in [0.2, 0.25) is 11.8 Å². The molecule has 2 fully saturated rings. The van der Waals surface area contributed by atoms with Crippen molar-refractivity contribution in [1.82, 2.24) is 15.5 Å². The molecule has 0 spiro atoms. The lowest BCUT2D eigenvalue weighted by Crippen LogP contribution is -2.49. The monoisotopic (exact) mass is 281 g/mol. The molecule has 5 nitrogen and oxygen atoms in total. The van der Waals surface area contributed by atoms with Crippen LogP contribution in [0.2, 0.25) is 0 Å². The first kappa shape index (κ1) is 15.3. The molecule has 2 amide bonds. The van der Waals surface area contributed by atoms with E-state index < -0.39 is 0 Å². The Morgan fingerprint density at radius 3 is 2.60 bits per heavy atom. The minimum Gasteiger partial charge on any atom is -0.356 e. The molecule has 0 aromatic carbocycles. The highest BCUT2D eigenvalue weighted by Gasteiger charge is 2.28. The highest BCUT2D eigenvalue weighted by molar-refractivity contribution is 5.82. The first-order chi connectivity index (χ1) is 9.66. The number of likely N-dealkylation sites (tertiary alicyclic amines) is 1. The predicted molar refractivity (Wildman–Crippen MR) is 78.2 cm³/mol. The lowest BCUT2D eigenvalue weighted by Gasteiger charge is -2.34. The molecule has 20 heavy (non-hydrogen) atoms. The fourth-order valence-corrected chi connectivity index (χ4v) is 3.11. The predicted octanol–water partition coefficient (Wildman–Crippen LogP) is 0.893. The third-order valence-corrected chi connectivity index (χ3v) is 4.42. The van der Waals surface area contributed by atoms with Crippen molar-refractivity contribution in [1.29, 1.82) is 0 Å². The van der Waals surface area contributed by atoms with Gasteiger partial charge in [0, 0.05) is 26.6 Å². The number of nitrogens with zero attached hydrogens (tertiary/aromatic N) is 1. The van der Waals surface area contributed by atoms with Crippen LogP contribution in [0.3, 0.4) is 0 Å². The van der Waals surface area contributed by atoms with Gasteiger partial charge in [-0.25, -0.2) is 0 Å². The summed E-state index contributed by atoms with van der Waals surface area (Å²) in [5, 5.41) is 6.26. The Labute approximate surface area is 121 Å². The van der Waals surface area contributed by atoms with Crippen LogP contribution in [0.5, 0.6) is 0 Å². The quantitative estimate of drug-likeness (QED) is 0.808. The number of nitrogens with one attached hydrogen (secondary N) is 2. The van der Waals surface area contributed by atoms with Gasteiger partial charge in [-0.3, -0.25) is 9.59 Å². The van der Waals surface area contributed by atoms with Crippen molar-refractivity contribution >= 4 is 11.8 Å². The minimum absolute atomic E-state index is 0.0318. The van der Waals surface area contributed by atoms with E-state index in [1.165, 1.54) is 12.8 Å². The van der Waals surface area contributed by atoms with Gasteiger partial charge in [0.05, 0.1) is 6.04 Å². The first-order valence-corrected chi connectivity index (χ1v) is 7.93. The maximum Gasteiger partial charge on any atom is 0.239 e. The van der Waals surface area contributed by atoms with Crippen LogP contribution in [0.4, 0.5) is 0 Å². The van der Waals surface area contributed by atoms with E-state index >= 15 is 0 Å². The summed E-state index contributed by atoms with van der Waals surface area (Å²) < 4.78 is 0. The van der Waals surface area contributed by atoms with E-state index in [0.717, 1.165) is 51.9 Å². The van der Waals surface area contributed by atoms with Gasteiger partial charge in [-0.15, -0.1) is 0 Å². The molecular weight excluding hydrogens is 254 g/mol. The topological polar surface area (TPSA) is 61.4 Å². The van der Waals surface area contributed by atoms with Crippen LogP contribution >= 0.6 is 0 Å². The summed E-state index contributed by atoms with van der Waals surface area (Å²) >= 11 is 0. The number of carbonyl (C=O) groups is 2. The lowest BCUT2D eigenvalue weighted by atomic mass is 9.96. The van der Waals surface area contributed by atoms with Crippen molar-refractivity contribution in [3.63, 3.8) is 0 Å². The number of hydrogen-bond donors (Lipinski definition) is 2. The Balaban J connectivity index is 1.74. The van der Waals surface area contributed by atoms with Gasteiger partial charge in [-0.1, -0.05) is 12.8 Å². The average Bonchev–Trinajstić information content (AvgIpc) is 2.74. The van der Waals surface area contributed by atoms with Crippen molar-refractivity contribution < 1.29 is 9.59 Å². The SMILES string of the molecule is CC(=O)NCC1CCN(C(=O)C2CCCCCN2)CC1. The zero-order valence-electron chi connectivity index (χ0n) is 12.5. The molecule has 0 aliphatic carbocycles. The van der Waals surface area contributed by atoms with E-state index in [0.29, 0.717) is 5.92 Å². The van der Waals surface area contributed by atoms with Crippen LogP contribution in [-0.2, 0) is 9.59 Å². The van der Waals surface area contributed by atoms with Gasteiger partial charge in [0.1, 0.15) is 0 Å². The first-order valence-electron chi connectivity index (χ1n) is 7.93. The maximum absolute atomic E-state index is 12.5. The normalized spacial score (nSPS) is 25.1. The fourth-order valence-electron chi connectivity index (χ4n) is 3.11. The average molecular weight is 281 g/mol. The summed E-state index contributed by atoms with van der Waals surface area (Å²) in [5.74, 6) is 0.834. The van der Waals surface area contributed by atoms with Gasteiger partial charge < -0.3 is 15.5 Å². The van der Waals surface area contributed by atoms with Crippen LogP contribution < -0.4 is 10.6 Å². The molecule has 2 aliphatic heterocycles. The third-order valence-electron chi connectivity index (χ3n) is 4.42. The highest BCUT2D eigenvalue weighted by atomic mass is 16.2. The van der Waals surface area contributed by atoms with Crippen molar-refractivity contribution in [2.75, 3.05) is 26.2 Å². The molecule has 5 heteroatoms. The Kier molecular flexibility index (Phi) is 5.83. The Bertz CT molecular complexity index is 330. The molecule has 1 atom stereocenters. The zero-order chi connectivity index (χ0) is 14.4. The Hall–Kier alpha value is -1.10. The van der Waals surface area contributed by atoms with E-state index in [-0.39, 0.29) is 17.9 Å². The van der Waals surface area contributed by atoms with E-state index in [1.807, 2.05) is 4.90 Å². The second-order valence-electron chi connectivity index (χ2n) is 6.06. The number of hydrogen-bond acceptors (Lipinski definition) is 3. The second-order valence-corrected chi connectivity index (χ2v) is 6.06. The van der Waals surface area contributed by atoms with Gasteiger partial charge >= 0.3 is 0 Å². The zero-order valence-corrected chi connectivity index (χ0v) is 12.5. The summed E-state index contributed by atoms with van der Waals surface area (Å²) in [5.41, 5.74) is 0.